The van der Waals surface area contributed by atoms with Crippen LogP contribution in [0.15, 0.2) is 40.9 Å². The van der Waals surface area contributed by atoms with Crippen LogP contribution in [0.5, 0.6) is 0 Å². The molecule has 0 unspecified atom stereocenters. The Balaban J connectivity index is 2.31. The Morgan fingerprint density at radius 1 is 1.33 bits per heavy atom. The number of hydrogen-bond donors (Lipinski definition) is 1. The number of nitro groups is 1. The van der Waals surface area contributed by atoms with Gasteiger partial charge in [-0.15, -0.1) is 0 Å². The molecule has 0 saturated heterocycles. The number of amides is 1. The predicted octanol–water partition coefficient (Wildman–Crippen LogP) is 4.06. The molecule has 0 aliphatic heterocycles. The van der Waals surface area contributed by atoms with Gasteiger partial charge in [-0.2, -0.15) is 0 Å². The summed E-state index contributed by atoms with van der Waals surface area (Å²) in [6.07, 6.45) is 0. The number of benzene rings is 2. The van der Waals surface area contributed by atoms with Crippen molar-refractivity contribution >= 4 is 33.2 Å². The van der Waals surface area contributed by atoms with E-state index in [9.17, 15) is 19.3 Å². The van der Waals surface area contributed by atoms with Crippen molar-refractivity contribution in [3.8, 4) is 0 Å². The summed E-state index contributed by atoms with van der Waals surface area (Å²) in [5.74, 6) is -0.978. The average molecular weight is 353 g/mol. The maximum Gasteiger partial charge on any atom is 0.284 e. The number of carbonyl (C=O) groups is 1. The normalized spacial score (nSPS) is 10.2. The smallest absolute Gasteiger partial charge is 0.284 e. The molecule has 0 bridgehead atoms. The van der Waals surface area contributed by atoms with E-state index in [2.05, 4.69) is 21.2 Å². The summed E-state index contributed by atoms with van der Waals surface area (Å²) in [7, 11) is 0. The van der Waals surface area contributed by atoms with Crippen LogP contribution in [-0.2, 0) is 0 Å². The third-order valence-corrected chi connectivity index (χ3v) is 3.59. The highest BCUT2D eigenvalue weighted by Crippen LogP contribution is 2.26. The first-order valence-electron chi connectivity index (χ1n) is 5.90. The molecule has 1 amide bonds. The second kappa shape index (κ2) is 6.01. The van der Waals surface area contributed by atoms with Crippen molar-refractivity contribution in [2.75, 3.05) is 5.32 Å². The zero-order chi connectivity index (χ0) is 15.6. The molecule has 0 atom stereocenters. The molecule has 5 nitrogen and oxygen atoms in total. The van der Waals surface area contributed by atoms with Crippen LogP contribution in [0.25, 0.3) is 0 Å². The fourth-order valence-corrected chi connectivity index (χ4v) is 2.12. The van der Waals surface area contributed by atoms with Crippen LogP contribution in [0.3, 0.4) is 0 Å². The van der Waals surface area contributed by atoms with E-state index in [-0.39, 0.29) is 15.7 Å². The highest BCUT2D eigenvalue weighted by Gasteiger charge is 2.16. The molecule has 0 saturated carbocycles. The SMILES string of the molecule is Cc1c(F)cccc1NC(=O)c1ccc(Br)c([N+](=O)[O-])c1. The Kier molecular flexibility index (Phi) is 4.32. The molecule has 1 N–H and O–H groups in total. The largest absolute Gasteiger partial charge is 0.322 e. The van der Waals surface area contributed by atoms with E-state index in [4.69, 9.17) is 0 Å². The number of anilines is 1. The van der Waals surface area contributed by atoms with Gasteiger partial charge < -0.3 is 5.32 Å². The van der Waals surface area contributed by atoms with E-state index >= 15 is 0 Å². The van der Waals surface area contributed by atoms with E-state index < -0.39 is 16.6 Å². The summed E-state index contributed by atoms with van der Waals surface area (Å²) in [4.78, 5) is 22.4. The zero-order valence-corrected chi connectivity index (χ0v) is 12.5. The monoisotopic (exact) mass is 352 g/mol. The van der Waals surface area contributed by atoms with Gasteiger partial charge in [-0.25, -0.2) is 4.39 Å². The highest BCUT2D eigenvalue weighted by molar-refractivity contribution is 9.10. The third-order valence-electron chi connectivity index (χ3n) is 2.92. The third kappa shape index (κ3) is 3.25. The van der Waals surface area contributed by atoms with E-state index in [0.717, 1.165) is 6.07 Å². The Morgan fingerprint density at radius 2 is 2.05 bits per heavy atom. The molecule has 21 heavy (non-hydrogen) atoms. The van der Waals surface area contributed by atoms with Crippen LogP contribution in [-0.4, -0.2) is 10.8 Å². The van der Waals surface area contributed by atoms with Gasteiger partial charge in [-0.1, -0.05) is 6.07 Å². The molecule has 2 aromatic rings. The number of carbonyl (C=O) groups excluding carboxylic acids is 1. The van der Waals surface area contributed by atoms with Gasteiger partial charge in [-0.3, -0.25) is 14.9 Å². The van der Waals surface area contributed by atoms with E-state index in [1.54, 1.807) is 6.07 Å². The van der Waals surface area contributed by atoms with Crippen molar-refractivity contribution in [1.29, 1.82) is 0 Å². The van der Waals surface area contributed by atoms with Crippen molar-refractivity contribution in [2.45, 2.75) is 6.92 Å². The summed E-state index contributed by atoms with van der Waals surface area (Å²) in [5, 5.41) is 13.4. The maximum atomic E-state index is 13.4. The topological polar surface area (TPSA) is 72.2 Å². The number of rotatable bonds is 3. The first-order valence-corrected chi connectivity index (χ1v) is 6.70. The van der Waals surface area contributed by atoms with Gasteiger partial charge >= 0.3 is 0 Å². The summed E-state index contributed by atoms with van der Waals surface area (Å²) < 4.78 is 13.7. The Labute approximate surface area is 128 Å². The minimum absolute atomic E-state index is 0.119. The quantitative estimate of drug-likeness (QED) is 0.668. The predicted molar refractivity (Wildman–Crippen MR) is 79.9 cm³/mol. The lowest BCUT2D eigenvalue weighted by Gasteiger charge is -2.09. The second-order valence-electron chi connectivity index (χ2n) is 4.29. The van der Waals surface area contributed by atoms with Gasteiger partial charge in [0.25, 0.3) is 11.6 Å². The Morgan fingerprint density at radius 3 is 2.71 bits per heavy atom. The average Bonchev–Trinajstić information content (AvgIpc) is 2.44. The standard InChI is InChI=1S/C14H10BrFN2O3/c1-8-11(16)3-2-4-12(8)17-14(19)9-5-6-10(15)13(7-9)18(20)21/h2-7H,1H3,(H,17,19). The van der Waals surface area contributed by atoms with E-state index in [0.29, 0.717) is 11.3 Å². The number of nitrogens with zero attached hydrogens (tertiary/aromatic N) is 1. The summed E-state index contributed by atoms with van der Waals surface area (Å²) in [6, 6.07) is 8.35. The molecular formula is C14H10BrFN2O3. The molecule has 0 fully saturated rings. The molecule has 0 aliphatic rings. The van der Waals surface area contributed by atoms with E-state index in [1.165, 1.54) is 31.2 Å². The molecule has 0 aliphatic carbocycles. The van der Waals surface area contributed by atoms with Gasteiger partial charge in [0.2, 0.25) is 0 Å². The molecule has 7 heteroatoms. The van der Waals surface area contributed by atoms with Gasteiger partial charge in [0, 0.05) is 22.9 Å². The molecule has 2 aromatic carbocycles. The molecule has 0 aromatic heterocycles. The van der Waals surface area contributed by atoms with Crippen molar-refractivity contribution in [2.24, 2.45) is 0 Å². The molecule has 0 spiro atoms. The molecular weight excluding hydrogens is 343 g/mol. The van der Waals surface area contributed by atoms with Gasteiger partial charge in [0.1, 0.15) is 5.82 Å². The van der Waals surface area contributed by atoms with Gasteiger partial charge in [0.15, 0.2) is 0 Å². The number of hydrogen-bond acceptors (Lipinski definition) is 3. The Hall–Kier alpha value is -2.28. The van der Waals surface area contributed by atoms with Gasteiger partial charge in [-0.05, 0) is 47.1 Å². The number of nitrogens with one attached hydrogen (secondary N) is 1. The van der Waals surface area contributed by atoms with Crippen molar-refractivity contribution in [3.05, 3.63) is 67.9 Å². The fourth-order valence-electron chi connectivity index (χ4n) is 1.73. The van der Waals surface area contributed by atoms with Crippen LogP contribution in [0.4, 0.5) is 15.8 Å². The van der Waals surface area contributed by atoms with Gasteiger partial charge in [0.05, 0.1) is 9.40 Å². The van der Waals surface area contributed by atoms with Crippen LogP contribution in [0, 0.1) is 22.9 Å². The molecule has 108 valence electrons. The van der Waals surface area contributed by atoms with Crippen molar-refractivity contribution < 1.29 is 14.1 Å². The van der Waals surface area contributed by atoms with E-state index in [1.807, 2.05) is 0 Å². The summed E-state index contributed by atoms with van der Waals surface area (Å²) in [5.41, 5.74) is 0.537. The zero-order valence-electron chi connectivity index (χ0n) is 10.9. The second-order valence-corrected chi connectivity index (χ2v) is 5.14. The van der Waals surface area contributed by atoms with Crippen LogP contribution in [0.1, 0.15) is 15.9 Å². The molecule has 0 heterocycles. The minimum Gasteiger partial charge on any atom is -0.322 e. The maximum absolute atomic E-state index is 13.4. The van der Waals surface area contributed by atoms with Crippen molar-refractivity contribution in [3.63, 3.8) is 0 Å². The molecule has 0 radical (unpaired) electrons. The van der Waals surface area contributed by atoms with Crippen LogP contribution in [0.2, 0.25) is 0 Å². The lowest BCUT2D eigenvalue weighted by molar-refractivity contribution is -0.385. The van der Waals surface area contributed by atoms with Crippen molar-refractivity contribution in [1.82, 2.24) is 0 Å². The fraction of sp³-hybridized carbons (Fsp3) is 0.0714. The molecule has 2 rings (SSSR count). The summed E-state index contributed by atoms with van der Waals surface area (Å²) >= 11 is 3.05. The van der Waals surface area contributed by atoms with Crippen LogP contribution < -0.4 is 5.32 Å². The van der Waals surface area contributed by atoms with Crippen LogP contribution >= 0.6 is 15.9 Å². The summed E-state index contributed by atoms with van der Waals surface area (Å²) in [6.45, 7) is 1.54. The lowest BCUT2D eigenvalue weighted by atomic mass is 10.1. The highest BCUT2D eigenvalue weighted by atomic mass is 79.9. The minimum atomic E-state index is -0.589. The lowest BCUT2D eigenvalue weighted by Crippen LogP contribution is -2.13. The number of halogens is 2. The number of nitro benzene ring substituents is 1. The first-order chi connectivity index (χ1) is 9.90. The Bertz CT molecular complexity index is 734. The first kappa shape index (κ1) is 15.1.